The molecule has 0 unspecified atom stereocenters. The fourth-order valence-corrected chi connectivity index (χ4v) is 4.09. The minimum Gasteiger partial charge on any atom is -0.481 e. The number of aromatic nitrogens is 1. The van der Waals surface area contributed by atoms with Crippen molar-refractivity contribution < 1.29 is 9.90 Å². The van der Waals surface area contributed by atoms with Gasteiger partial charge in [0.1, 0.15) is 5.03 Å². The first kappa shape index (κ1) is 13.4. The summed E-state index contributed by atoms with van der Waals surface area (Å²) in [7, 11) is 0. The van der Waals surface area contributed by atoms with E-state index >= 15 is 0 Å². The standard InChI is InChI=1S/C11H11Br2NO2S/c12-7-3-8(13)10(14-5-7)17-6-11(1-2-11)4-9(15)16/h3,5H,1-2,4,6H2,(H,15,16). The van der Waals surface area contributed by atoms with E-state index in [9.17, 15) is 4.79 Å². The van der Waals surface area contributed by atoms with Gasteiger partial charge in [0.2, 0.25) is 0 Å². The number of hydrogen-bond acceptors (Lipinski definition) is 3. The van der Waals surface area contributed by atoms with Crippen LogP contribution in [0, 0.1) is 5.41 Å². The number of nitrogens with zero attached hydrogens (tertiary/aromatic N) is 1. The van der Waals surface area contributed by atoms with Gasteiger partial charge in [-0.1, -0.05) is 0 Å². The van der Waals surface area contributed by atoms with E-state index in [1.807, 2.05) is 6.07 Å². The molecule has 0 aromatic carbocycles. The highest BCUT2D eigenvalue weighted by atomic mass is 79.9. The van der Waals surface area contributed by atoms with Crippen LogP contribution in [0.1, 0.15) is 19.3 Å². The topological polar surface area (TPSA) is 50.2 Å². The van der Waals surface area contributed by atoms with Crippen molar-refractivity contribution in [2.45, 2.75) is 24.3 Å². The van der Waals surface area contributed by atoms with E-state index in [4.69, 9.17) is 5.11 Å². The maximum atomic E-state index is 10.7. The molecule has 0 bridgehead atoms. The van der Waals surface area contributed by atoms with Gasteiger partial charge in [-0.15, -0.1) is 11.8 Å². The van der Waals surface area contributed by atoms with E-state index < -0.39 is 5.97 Å². The summed E-state index contributed by atoms with van der Waals surface area (Å²) in [4.78, 5) is 15.0. The molecule has 1 aliphatic carbocycles. The van der Waals surface area contributed by atoms with Gasteiger partial charge in [-0.05, 0) is 56.2 Å². The first-order valence-electron chi connectivity index (χ1n) is 5.16. The minimum absolute atomic E-state index is 0.00466. The molecule has 1 saturated carbocycles. The number of thioether (sulfide) groups is 1. The molecule has 1 aliphatic rings. The highest BCUT2D eigenvalue weighted by Crippen LogP contribution is 2.52. The highest BCUT2D eigenvalue weighted by Gasteiger charge is 2.44. The van der Waals surface area contributed by atoms with Crippen molar-refractivity contribution in [2.24, 2.45) is 5.41 Å². The van der Waals surface area contributed by atoms with Gasteiger partial charge in [-0.2, -0.15) is 0 Å². The molecule has 1 aromatic rings. The van der Waals surface area contributed by atoms with Gasteiger partial charge in [0, 0.05) is 16.4 Å². The Kier molecular flexibility index (Phi) is 4.15. The van der Waals surface area contributed by atoms with Crippen LogP contribution < -0.4 is 0 Å². The van der Waals surface area contributed by atoms with Crippen molar-refractivity contribution >= 4 is 49.6 Å². The summed E-state index contributed by atoms with van der Waals surface area (Å²) in [6.45, 7) is 0. The second-order valence-corrected chi connectivity index (χ2v) is 7.03. The number of aliphatic carboxylic acids is 1. The zero-order valence-electron chi connectivity index (χ0n) is 8.95. The summed E-state index contributed by atoms with van der Waals surface area (Å²) < 4.78 is 1.88. The molecule has 17 heavy (non-hydrogen) atoms. The van der Waals surface area contributed by atoms with Crippen LogP contribution in [0.5, 0.6) is 0 Å². The Balaban J connectivity index is 1.96. The number of rotatable bonds is 5. The van der Waals surface area contributed by atoms with E-state index in [-0.39, 0.29) is 11.8 Å². The lowest BCUT2D eigenvalue weighted by molar-refractivity contribution is -0.138. The van der Waals surface area contributed by atoms with E-state index in [0.717, 1.165) is 32.6 Å². The molecule has 6 heteroatoms. The van der Waals surface area contributed by atoms with Crippen LogP contribution in [0.4, 0.5) is 0 Å². The fourth-order valence-electron chi connectivity index (χ4n) is 1.60. The maximum Gasteiger partial charge on any atom is 0.303 e. The zero-order valence-corrected chi connectivity index (χ0v) is 12.9. The maximum absolute atomic E-state index is 10.7. The third-order valence-electron chi connectivity index (χ3n) is 2.77. The van der Waals surface area contributed by atoms with Crippen molar-refractivity contribution in [3.8, 4) is 0 Å². The first-order chi connectivity index (χ1) is 8.01. The van der Waals surface area contributed by atoms with E-state index in [1.165, 1.54) is 0 Å². The smallest absolute Gasteiger partial charge is 0.303 e. The van der Waals surface area contributed by atoms with Crippen molar-refractivity contribution in [3.05, 3.63) is 21.2 Å². The van der Waals surface area contributed by atoms with Gasteiger partial charge in [0.25, 0.3) is 0 Å². The quantitative estimate of drug-likeness (QED) is 0.785. The summed E-state index contributed by atoms with van der Waals surface area (Å²) in [5, 5.41) is 9.76. The number of carboxylic acids is 1. The molecule has 1 fully saturated rings. The number of pyridine rings is 1. The Morgan fingerprint density at radius 3 is 2.76 bits per heavy atom. The van der Waals surface area contributed by atoms with Crippen LogP contribution >= 0.6 is 43.6 Å². The van der Waals surface area contributed by atoms with Gasteiger partial charge >= 0.3 is 5.97 Å². The predicted octanol–water partition coefficient (Wildman–Crippen LogP) is 3.95. The minimum atomic E-state index is -0.703. The van der Waals surface area contributed by atoms with Gasteiger partial charge < -0.3 is 5.11 Å². The molecule has 3 nitrogen and oxygen atoms in total. The SMILES string of the molecule is O=C(O)CC1(CSc2ncc(Br)cc2Br)CC1. The number of carbonyl (C=O) groups is 1. The Morgan fingerprint density at radius 1 is 1.53 bits per heavy atom. The van der Waals surface area contributed by atoms with Crippen molar-refractivity contribution in [1.29, 1.82) is 0 Å². The number of hydrogen-bond donors (Lipinski definition) is 1. The van der Waals surface area contributed by atoms with Gasteiger partial charge in [-0.3, -0.25) is 4.79 Å². The van der Waals surface area contributed by atoms with E-state index in [1.54, 1.807) is 18.0 Å². The lowest BCUT2D eigenvalue weighted by Crippen LogP contribution is -2.11. The van der Waals surface area contributed by atoms with E-state index in [2.05, 4.69) is 36.8 Å². The molecule has 0 atom stereocenters. The molecule has 0 spiro atoms. The highest BCUT2D eigenvalue weighted by molar-refractivity contribution is 9.11. The van der Waals surface area contributed by atoms with Gasteiger partial charge in [0.05, 0.1) is 10.9 Å². The van der Waals surface area contributed by atoms with E-state index in [0.29, 0.717) is 0 Å². The first-order valence-corrected chi connectivity index (χ1v) is 7.74. The lowest BCUT2D eigenvalue weighted by Gasteiger charge is -2.11. The summed E-state index contributed by atoms with van der Waals surface area (Å²) in [6.07, 6.45) is 4.05. The predicted molar refractivity (Wildman–Crippen MR) is 74.3 cm³/mol. The molecule has 1 aromatic heterocycles. The van der Waals surface area contributed by atoms with Crippen LogP contribution in [0.25, 0.3) is 0 Å². The number of carboxylic acid groups (broad SMARTS) is 1. The number of halogens is 2. The Bertz CT molecular complexity index is 449. The summed E-state index contributed by atoms with van der Waals surface area (Å²) in [6, 6.07) is 1.95. The fraction of sp³-hybridized carbons (Fsp3) is 0.455. The zero-order chi connectivity index (χ0) is 12.5. The summed E-state index contributed by atoms with van der Waals surface area (Å²) in [5.41, 5.74) is 0.00466. The van der Waals surface area contributed by atoms with Gasteiger partial charge in [-0.25, -0.2) is 4.98 Å². The average Bonchev–Trinajstić information content (AvgIpc) is 2.96. The Morgan fingerprint density at radius 2 is 2.24 bits per heavy atom. The van der Waals surface area contributed by atoms with Crippen LogP contribution in [0.3, 0.4) is 0 Å². The molecular formula is C11H11Br2NO2S. The van der Waals surface area contributed by atoms with Crippen LogP contribution in [0.15, 0.2) is 26.2 Å². The third kappa shape index (κ3) is 3.69. The van der Waals surface area contributed by atoms with Crippen LogP contribution in [0.2, 0.25) is 0 Å². The third-order valence-corrected chi connectivity index (χ3v) is 5.43. The van der Waals surface area contributed by atoms with Crippen molar-refractivity contribution in [1.82, 2.24) is 4.98 Å². The average molecular weight is 381 g/mol. The van der Waals surface area contributed by atoms with Gasteiger partial charge in [0.15, 0.2) is 0 Å². The molecule has 0 radical (unpaired) electrons. The molecule has 1 heterocycles. The second-order valence-electron chi connectivity index (χ2n) is 4.30. The lowest BCUT2D eigenvalue weighted by atomic mass is 10.1. The largest absolute Gasteiger partial charge is 0.481 e. The molecule has 1 N–H and O–H groups in total. The molecule has 0 amide bonds. The second kappa shape index (κ2) is 5.28. The molecule has 0 saturated heterocycles. The molecular weight excluding hydrogens is 370 g/mol. The Labute approximate surface area is 121 Å². The summed E-state index contributed by atoms with van der Waals surface area (Å²) >= 11 is 8.43. The van der Waals surface area contributed by atoms with Crippen LogP contribution in [-0.4, -0.2) is 21.8 Å². The Hall–Kier alpha value is -0.0700. The molecule has 92 valence electrons. The molecule has 0 aliphatic heterocycles. The summed E-state index contributed by atoms with van der Waals surface area (Å²) in [5.74, 6) is 0.123. The molecule has 2 rings (SSSR count). The monoisotopic (exact) mass is 379 g/mol. The van der Waals surface area contributed by atoms with Crippen molar-refractivity contribution in [3.63, 3.8) is 0 Å². The van der Waals surface area contributed by atoms with Crippen LogP contribution in [-0.2, 0) is 4.79 Å². The van der Waals surface area contributed by atoms with Crippen molar-refractivity contribution in [2.75, 3.05) is 5.75 Å². The normalized spacial score (nSPS) is 16.8.